The zero-order chi connectivity index (χ0) is 12.6. The van der Waals surface area contributed by atoms with Gasteiger partial charge in [-0.2, -0.15) is 0 Å². The lowest BCUT2D eigenvalue weighted by Gasteiger charge is -2.16. The predicted octanol–water partition coefficient (Wildman–Crippen LogP) is 1.47. The maximum absolute atomic E-state index is 12.2. The second-order valence-electron chi connectivity index (χ2n) is 3.74. The summed E-state index contributed by atoms with van der Waals surface area (Å²) in [5.41, 5.74) is 0.946. The van der Waals surface area contributed by atoms with Crippen molar-refractivity contribution >= 4 is 32.0 Å². The SMILES string of the molecule is Cc1ccc(S(=O)(=O)N2CCNC2=O)c(Br)c1. The van der Waals surface area contributed by atoms with Gasteiger partial charge in [-0.05, 0) is 40.5 Å². The van der Waals surface area contributed by atoms with Crippen molar-refractivity contribution in [1.82, 2.24) is 9.62 Å². The van der Waals surface area contributed by atoms with Crippen LogP contribution in [0.1, 0.15) is 5.56 Å². The molecule has 2 rings (SSSR count). The number of nitrogens with one attached hydrogen (secondary N) is 1. The van der Waals surface area contributed by atoms with E-state index in [0.717, 1.165) is 9.87 Å². The fraction of sp³-hybridized carbons (Fsp3) is 0.300. The van der Waals surface area contributed by atoms with Crippen molar-refractivity contribution in [3.63, 3.8) is 0 Å². The Morgan fingerprint density at radius 1 is 1.41 bits per heavy atom. The van der Waals surface area contributed by atoms with Crippen LogP contribution in [0.3, 0.4) is 0 Å². The molecule has 2 amide bonds. The molecule has 17 heavy (non-hydrogen) atoms. The molecular formula is C10H11BrN2O3S. The molecule has 7 heteroatoms. The summed E-state index contributed by atoms with van der Waals surface area (Å²) in [7, 11) is -3.76. The molecule has 1 aliphatic heterocycles. The smallest absolute Gasteiger partial charge is 0.331 e. The van der Waals surface area contributed by atoms with Crippen molar-refractivity contribution < 1.29 is 13.2 Å². The van der Waals surface area contributed by atoms with E-state index in [2.05, 4.69) is 21.2 Å². The van der Waals surface area contributed by atoms with E-state index >= 15 is 0 Å². The van der Waals surface area contributed by atoms with E-state index < -0.39 is 16.1 Å². The Kier molecular flexibility index (Phi) is 3.13. The predicted molar refractivity (Wildman–Crippen MR) is 66.2 cm³/mol. The Labute approximate surface area is 108 Å². The number of nitrogens with zero attached hydrogens (tertiary/aromatic N) is 1. The number of carbonyl (C=O) groups is 1. The maximum atomic E-state index is 12.2. The average molecular weight is 319 g/mol. The first kappa shape index (κ1) is 12.4. The van der Waals surface area contributed by atoms with Crippen LogP contribution in [-0.2, 0) is 10.0 Å². The molecule has 1 saturated heterocycles. The highest BCUT2D eigenvalue weighted by atomic mass is 79.9. The molecule has 0 aromatic heterocycles. The lowest BCUT2D eigenvalue weighted by molar-refractivity contribution is 0.236. The zero-order valence-corrected chi connectivity index (χ0v) is 11.5. The van der Waals surface area contributed by atoms with Gasteiger partial charge in [-0.3, -0.25) is 0 Å². The molecule has 0 aliphatic carbocycles. The fourth-order valence-electron chi connectivity index (χ4n) is 1.62. The van der Waals surface area contributed by atoms with Crippen LogP contribution in [0, 0.1) is 6.92 Å². The molecular weight excluding hydrogens is 308 g/mol. The summed E-state index contributed by atoms with van der Waals surface area (Å²) in [6, 6.07) is 4.34. The third-order valence-electron chi connectivity index (χ3n) is 2.47. The van der Waals surface area contributed by atoms with Gasteiger partial charge >= 0.3 is 6.03 Å². The van der Waals surface area contributed by atoms with Gasteiger partial charge in [0.2, 0.25) is 0 Å². The third kappa shape index (κ3) is 2.16. The quantitative estimate of drug-likeness (QED) is 0.898. The van der Waals surface area contributed by atoms with Gasteiger partial charge < -0.3 is 5.32 Å². The highest BCUT2D eigenvalue weighted by Crippen LogP contribution is 2.26. The summed E-state index contributed by atoms with van der Waals surface area (Å²) in [5.74, 6) is 0. The first-order valence-electron chi connectivity index (χ1n) is 4.99. The number of aryl methyl sites for hydroxylation is 1. The molecule has 1 aliphatic rings. The summed E-state index contributed by atoms with van der Waals surface area (Å²) >= 11 is 3.21. The van der Waals surface area contributed by atoms with Crippen molar-refractivity contribution in [3.8, 4) is 0 Å². The molecule has 0 saturated carbocycles. The molecule has 1 aromatic carbocycles. The van der Waals surface area contributed by atoms with Gasteiger partial charge in [0.05, 0.1) is 6.54 Å². The Morgan fingerprint density at radius 3 is 2.65 bits per heavy atom. The van der Waals surface area contributed by atoms with E-state index in [1.807, 2.05) is 6.92 Å². The van der Waals surface area contributed by atoms with Crippen LogP contribution in [0.25, 0.3) is 0 Å². The number of hydrogen-bond donors (Lipinski definition) is 1. The number of rotatable bonds is 2. The lowest BCUT2D eigenvalue weighted by atomic mass is 10.2. The molecule has 0 bridgehead atoms. The second kappa shape index (κ2) is 4.30. The first-order chi connectivity index (χ1) is 7.93. The number of urea groups is 1. The largest absolute Gasteiger partial charge is 0.335 e. The molecule has 1 fully saturated rings. The van der Waals surface area contributed by atoms with E-state index in [9.17, 15) is 13.2 Å². The third-order valence-corrected chi connectivity index (χ3v) is 5.23. The van der Waals surface area contributed by atoms with Crippen LogP contribution in [0.5, 0.6) is 0 Å². The van der Waals surface area contributed by atoms with Crippen LogP contribution in [0.4, 0.5) is 4.79 Å². The molecule has 0 unspecified atom stereocenters. The summed E-state index contributed by atoms with van der Waals surface area (Å²) < 4.78 is 25.7. The first-order valence-corrected chi connectivity index (χ1v) is 7.23. The van der Waals surface area contributed by atoms with Crippen molar-refractivity contribution in [2.75, 3.05) is 13.1 Å². The minimum atomic E-state index is -3.76. The van der Waals surface area contributed by atoms with Gasteiger partial charge in [0, 0.05) is 11.0 Å². The van der Waals surface area contributed by atoms with Gasteiger partial charge in [0.1, 0.15) is 4.90 Å². The number of halogens is 1. The lowest BCUT2D eigenvalue weighted by Crippen LogP contribution is -2.34. The van der Waals surface area contributed by atoms with Gasteiger partial charge in [-0.15, -0.1) is 0 Å². The standard InChI is InChI=1S/C10H11BrN2O3S/c1-7-2-3-9(8(11)6-7)17(15,16)13-5-4-12-10(13)14/h2-3,6H,4-5H2,1H3,(H,12,14). The van der Waals surface area contributed by atoms with Crippen molar-refractivity contribution in [1.29, 1.82) is 0 Å². The van der Waals surface area contributed by atoms with Crippen LogP contribution >= 0.6 is 15.9 Å². The molecule has 1 N–H and O–H groups in total. The summed E-state index contributed by atoms with van der Waals surface area (Å²) in [5, 5.41) is 2.47. The van der Waals surface area contributed by atoms with Gasteiger partial charge in [-0.1, -0.05) is 6.07 Å². The summed E-state index contributed by atoms with van der Waals surface area (Å²) in [6.07, 6.45) is 0. The summed E-state index contributed by atoms with van der Waals surface area (Å²) in [6.45, 7) is 2.38. The summed E-state index contributed by atoms with van der Waals surface area (Å²) in [4.78, 5) is 11.5. The number of carbonyl (C=O) groups excluding carboxylic acids is 1. The minimum absolute atomic E-state index is 0.111. The van der Waals surface area contributed by atoms with E-state index in [4.69, 9.17) is 0 Å². The van der Waals surface area contributed by atoms with Gasteiger partial charge in [0.15, 0.2) is 0 Å². The van der Waals surface area contributed by atoms with E-state index in [1.54, 1.807) is 12.1 Å². The van der Waals surface area contributed by atoms with Crippen LogP contribution in [-0.4, -0.2) is 31.8 Å². The van der Waals surface area contributed by atoms with E-state index in [-0.39, 0.29) is 11.4 Å². The fourth-order valence-corrected chi connectivity index (χ4v) is 4.12. The Hall–Kier alpha value is -1.08. The maximum Gasteiger partial charge on any atom is 0.331 e. The molecule has 5 nitrogen and oxygen atoms in total. The van der Waals surface area contributed by atoms with Crippen molar-refractivity contribution in [2.24, 2.45) is 0 Å². The monoisotopic (exact) mass is 318 g/mol. The van der Waals surface area contributed by atoms with Crippen LogP contribution in [0.15, 0.2) is 27.6 Å². The molecule has 0 radical (unpaired) electrons. The molecule has 0 spiro atoms. The minimum Gasteiger partial charge on any atom is -0.335 e. The Balaban J connectivity index is 2.48. The Morgan fingerprint density at radius 2 is 2.12 bits per heavy atom. The number of hydrogen-bond acceptors (Lipinski definition) is 3. The van der Waals surface area contributed by atoms with Gasteiger partial charge in [0.25, 0.3) is 10.0 Å². The normalized spacial score (nSPS) is 16.1. The topological polar surface area (TPSA) is 66.5 Å². The zero-order valence-electron chi connectivity index (χ0n) is 9.10. The Bertz CT molecular complexity index is 571. The number of benzene rings is 1. The molecule has 1 aromatic rings. The molecule has 1 heterocycles. The highest BCUT2D eigenvalue weighted by Gasteiger charge is 2.33. The van der Waals surface area contributed by atoms with E-state index in [1.165, 1.54) is 6.07 Å². The van der Waals surface area contributed by atoms with Crippen LogP contribution in [0.2, 0.25) is 0 Å². The highest BCUT2D eigenvalue weighted by molar-refractivity contribution is 9.10. The molecule has 92 valence electrons. The van der Waals surface area contributed by atoms with Crippen LogP contribution < -0.4 is 5.32 Å². The molecule has 0 atom stereocenters. The van der Waals surface area contributed by atoms with Gasteiger partial charge in [-0.25, -0.2) is 17.5 Å². The average Bonchev–Trinajstić information content (AvgIpc) is 2.64. The van der Waals surface area contributed by atoms with Crippen molar-refractivity contribution in [2.45, 2.75) is 11.8 Å². The van der Waals surface area contributed by atoms with E-state index in [0.29, 0.717) is 11.0 Å². The second-order valence-corrected chi connectivity index (χ2v) is 6.43. The van der Waals surface area contributed by atoms with Crippen molar-refractivity contribution in [3.05, 3.63) is 28.2 Å². The number of amides is 2. The number of sulfonamides is 1.